The predicted octanol–water partition coefficient (Wildman–Crippen LogP) is 4.55. The fourth-order valence-electron chi connectivity index (χ4n) is 4.27. The SMILES string of the molecule is CC1=CC([N+]([O-])(c2ccccc2)c2ccccc2)=CC(C)C1OCC(=O)OC1CCOC1=O. The van der Waals surface area contributed by atoms with Crippen LogP contribution in [0, 0.1) is 11.1 Å². The zero-order valence-electron chi connectivity index (χ0n) is 18.7. The van der Waals surface area contributed by atoms with Crippen LogP contribution in [0.25, 0.3) is 0 Å². The molecule has 1 heterocycles. The van der Waals surface area contributed by atoms with E-state index in [2.05, 4.69) is 0 Å². The van der Waals surface area contributed by atoms with Crippen LogP contribution in [0.5, 0.6) is 0 Å². The number of esters is 2. The number of ether oxygens (including phenoxy) is 3. The third kappa shape index (κ3) is 4.75. The first-order valence-corrected chi connectivity index (χ1v) is 11.0. The lowest BCUT2D eigenvalue weighted by atomic mass is 9.90. The number of carbonyl (C=O) groups is 2. The molecule has 172 valence electrons. The molecule has 0 amide bonds. The largest absolute Gasteiger partial charge is 0.616 e. The van der Waals surface area contributed by atoms with Crippen LogP contribution in [-0.4, -0.2) is 37.4 Å². The van der Waals surface area contributed by atoms with E-state index in [0.29, 0.717) is 23.5 Å². The second-order valence-corrected chi connectivity index (χ2v) is 8.29. The van der Waals surface area contributed by atoms with E-state index < -0.39 is 28.8 Å². The highest BCUT2D eigenvalue weighted by Crippen LogP contribution is 2.41. The first-order valence-electron chi connectivity index (χ1n) is 11.0. The zero-order valence-corrected chi connectivity index (χ0v) is 18.7. The third-order valence-electron chi connectivity index (χ3n) is 5.88. The molecule has 1 fully saturated rings. The van der Waals surface area contributed by atoms with Gasteiger partial charge >= 0.3 is 11.9 Å². The van der Waals surface area contributed by atoms with Crippen LogP contribution in [0.4, 0.5) is 11.4 Å². The molecule has 3 atom stereocenters. The summed E-state index contributed by atoms with van der Waals surface area (Å²) in [4.78, 5) is 23.6. The van der Waals surface area contributed by atoms with Crippen LogP contribution in [0.1, 0.15) is 20.3 Å². The van der Waals surface area contributed by atoms with E-state index in [9.17, 15) is 14.8 Å². The molecule has 2 aliphatic rings. The number of hydrogen-bond donors (Lipinski definition) is 0. The van der Waals surface area contributed by atoms with E-state index in [0.717, 1.165) is 5.57 Å². The lowest BCUT2D eigenvalue weighted by Gasteiger charge is -2.44. The van der Waals surface area contributed by atoms with E-state index >= 15 is 0 Å². The van der Waals surface area contributed by atoms with Crippen LogP contribution in [0.2, 0.25) is 0 Å². The summed E-state index contributed by atoms with van der Waals surface area (Å²) >= 11 is 0. The molecular formula is C26H27NO6. The summed E-state index contributed by atoms with van der Waals surface area (Å²) in [6.07, 6.45) is 2.83. The minimum absolute atomic E-state index is 0.159. The highest BCUT2D eigenvalue weighted by molar-refractivity contribution is 5.81. The molecule has 0 saturated carbocycles. The second kappa shape index (κ2) is 9.70. The standard InChI is InChI=1S/C26H27NO6/c1-18-15-22(27(30,20-9-5-3-6-10-20)21-11-7-4-8-12-21)16-19(2)25(18)32-17-24(28)33-23-13-14-31-26(23)29/h3-12,15-16,18,23,25H,13-14,17H2,1-2H3. The molecule has 7 nitrogen and oxygen atoms in total. The number of rotatable bonds is 7. The van der Waals surface area contributed by atoms with Gasteiger partial charge in [0.2, 0.25) is 6.10 Å². The van der Waals surface area contributed by atoms with E-state index in [-0.39, 0.29) is 19.1 Å². The minimum Gasteiger partial charge on any atom is -0.616 e. The average molecular weight is 450 g/mol. The fraction of sp³-hybridized carbons (Fsp3) is 0.308. The van der Waals surface area contributed by atoms with Crippen molar-refractivity contribution in [1.82, 2.24) is 4.65 Å². The number of hydroxylamine groups is 1. The number of nitrogens with zero attached hydrogens (tertiary/aromatic N) is 1. The zero-order chi connectivity index (χ0) is 23.4. The van der Waals surface area contributed by atoms with Crippen LogP contribution in [-0.2, 0) is 23.8 Å². The summed E-state index contributed by atoms with van der Waals surface area (Å²) in [5, 5.41) is 14.4. The molecule has 3 unspecified atom stereocenters. The maximum atomic E-state index is 14.4. The summed E-state index contributed by atoms with van der Waals surface area (Å²) in [6, 6.07) is 18.5. The Bertz CT molecular complexity index is 1020. The molecule has 33 heavy (non-hydrogen) atoms. The van der Waals surface area contributed by atoms with E-state index in [1.807, 2.05) is 86.7 Å². The van der Waals surface area contributed by atoms with E-state index in [1.165, 1.54) is 0 Å². The lowest BCUT2D eigenvalue weighted by Crippen LogP contribution is -2.39. The Morgan fingerprint density at radius 1 is 1.09 bits per heavy atom. The summed E-state index contributed by atoms with van der Waals surface area (Å²) in [6.45, 7) is 3.79. The maximum absolute atomic E-state index is 14.4. The Hall–Kier alpha value is -3.26. The highest BCUT2D eigenvalue weighted by Gasteiger charge is 2.35. The Morgan fingerprint density at radius 2 is 1.70 bits per heavy atom. The molecule has 2 aromatic carbocycles. The Kier molecular flexibility index (Phi) is 6.74. The number of allylic oxidation sites excluding steroid dienone is 1. The van der Waals surface area contributed by atoms with Gasteiger partial charge in [0.1, 0.15) is 23.7 Å². The van der Waals surface area contributed by atoms with Gasteiger partial charge in [0.15, 0.2) is 0 Å². The summed E-state index contributed by atoms with van der Waals surface area (Å²) in [5.74, 6) is -1.30. The number of para-hydroxylation sites is 2. The van der Waals surface area contributed by atoms with E-state index in [4.69, 9.17) is 14.2 Å². The van der Waals surface area contributed by atoms with Gasteiger partial charge in [-0.05, 0) is 18.6 Å². The van der Waals surface area contributed by atoms with Crippen molar-refractivity contribution in [3.8, 4) is 0 Å². The number of benzene rings is 2. The number of quaternary nitrogens is 1. The summed E-state index contributed by atoms with van der Waals surface area (Å²) in [7, 11) is 0. The van der Waals surface area contributed by atoms with Crippen LogP contribution >= 0.6 is 0 Å². The second-order valence-electron chi connectivity index (χ2n) is 8.29. The quantitative estimate of drug-likeness (QED) is 0.350. The number of hydrogen-bond acceptors (Lipinski definition) is 6. The normalized spacial score (nSPS) is 22.9. The number of cyclic esters (lactones) is 1. The van der Waals surface area contributed by atoms with Gasteiger partial charge in [-0.15, -0.1) is 0 Å². The Balaban J connectivity index is 1.53. The molecule has 0 radical (unpaired) electrons. The van der Waals surface area contributed by atoms with Gasteiger partial charge in [0, 0.05) is 42.7 Å². The van der Waals surface area contributed by atoms with Gasteiger partial charge in [0.25, 0.3) is 0 Å². The molecule has 0 bridgehead atoms. The lowest BCUT2D eigenvalue weighted by molar-refractivity contribution is -0.164. The third-order valence-corrected chi connectivity index (χ3v) is 5.88. The molecule has 2 aromatic rings. The van der Waals surface area contributed by atoms with Crippen molar-refractivity contribution in [1.29, 1.82) is 0 Å². The van der Waals surface area contributed by atoms with Crippen molar-refractivity contribution in [2.75, 3.05) is 13.2 Å². The van der Waals surface area contributed by atoms with Crippen LogP contribution in [0.3, 0.4) is 0 Å². The van der Waals surface area contributed by atoms with Crippen molar-refractivity contribution in [2.45, 2.75) is 32.5 Å². The topological polar surface area (TPSA) is 84.9 Å². The highest BCUT2D eigenvalue weighted by atomic mass is 16.6. The fourth-order valence-corrected chi connectivity index (χ4v) is 4.27. The van der Waals surface area contributed by atoms with Gasteiger partial charge in [-0.25, -0.2) is 9.59 Å². The van der Waals surface area contributed by atoms with Crippen molar-refractivity contribution in [2.24, 2.45) is 5.92 Å². The van der Waals surface area contributed by atoms with Crippen LogP contribution < -0.4 is 4.65 Å². The van der Waals surface area contributed by atoms with Gasteiger partial charge in [-0.3, -0.25) is 4.65 Å². The van der Waals surface area contributed by atoms with Crippen LogP contribution in [0.15, 0.2) is 84.1 Å². The minimum atomic E-state index is -0.858. The first-order chi connectivity index (χ1) is 15.9. The average Bonchev–Trinajstić information content (AvgIpc) is 3.23. The van der Waals surface area contributed by atoms with Crippen molar-refractivity contribution in [3.63, 3.8) is 0 Å². The number of carbonyl (C=O) groups excluding carboxylic acids is 2. The Morgan fingerprint density at radius 3 is 2.21 bits per heavy atom. The van der Waals surface area contributed by atoms with Crippen molar-refractivity contribution in [3.05, 3.63) is 89.3 Å². The van der Waals surface area contributed by atoms with E-state index in [1.54, 1.807) is 0 Å². The molecule has 1 saturated heterocycles. The van der Waals surface area contributed by atoms with Crippen molar-refractivity contribution < 1.29 is 23.8 Å². The molecule has 0 spiro atoms. The molecular weight excluding hydrogens is 422 g/mol. The molecule has 0 N–H and O–H groups in total. The molecule has 1 aliphatic heterocycles. The van der Waals surface area contributed by atoms with Gasteiger partial charge in [-0.2, -0.15) is 0 Å². The van der Waals surface area contributed by atoms with Crippen molar-refractivity contribution >= 4 is 23.3 Å². The van der Waals surface area contributed by atoms with Gasteiger partial charge in [-0.1, -0.05) is 43.3 Å². The summed E-state index contributed by atoms with van der Waals surface area (Å²) < 4.78 is 15.1. The molecule has 1 aliphatic carbocycles. The molecule has 4 rings (SSSR count). The van der Waals surface area contributed by atoms with Gasteiger partial charge in [0.05, 0.1) is 12.7 Å². The summed E-state index contributed by atoms with van der Waals surface area (Å²) in [5.41, 5.74) is 2.60. The molecule has 7 heteroatoms. The maximum Gasteiger partial charge on any atom is 0.347 e. The first kappa shape index (κ1) is 22.9. The Labute approximate surface area is 193 Å². The smallest absolute Gasteiger partial charge is 0.347 e. The molecule has 0 aromatic heterocycles. The monoisotopic (exact) mass is 449 g/mol. The predicted molar refractivity (Wildman–Crippen MR) is 124 cm³/mol. The van der Waals surface area contributed by atoms with Gasteiger partial charge < -0.3 is 19.4 Å².